The lowest BCUT2D eigenvalue weighted by atomic mass is 10.3. The van der Waals surface area contributed by atoms with Gasteiger partial charge in [-0.1, -0.05) is 19.6 Å². The molecule has 0 aliphatic heterocycles. The fourth-order valence-corrected chi connectivity index (χ4v) is 13.2. The molecule has 0 bridgehead atoms. The highest BCUT2D eigenvalue weighted by Gasteiger charge is 2.72. The summed E-state index contributed by atoms with van der Waals surface area (Å²) in [5, 5.41) is 0. The maximum atomic E-state index is 12.6. The molecule has 0 N–H and O–H groups in total. The number of carbonyl (C=O) groups excluding carboxylic acids is 1. The Bertz CT molecular complexity index is 455. The summed E-state index contributed by atoms with van der Waals surface area (Å²) in [7, 11) is -0.714. The standard InChI is InChI=1S/C20H43N2O2PSi/c1-14(2)21(15(3)4)25(22(16(5)6)17(7)8)20(26(10,11)12)13-18(20)19(23)24-9/h14-18H,13H2,1-12H3. The van der Waals surface area contributed by atoms with Gasteiger partial charge in [-0.3, -0.25) is 14.1 Å². The van der Waals surface area contributed by atoms with Gasteiger partial charge in [0.2, 0.25) is 0 Å². The molecule has 1 aliphatic rings. The van der Waals surface area contributed by atoms with E-state index in [0.717, 1.165) is 6.42 Å². The number of methoxy groups -OCH3 is 1. The van der Waals surface area contributed by atoms with Crippen LogP contribution in [-0.4, -0.2) is 59.4 Å². The zero-order valence-electron chi connectivity index (χ0n) is 19.3. The summed E-state index contributed by atoms with van der Waals surface area (Å²) in [6.07, 6.45) is 0.993. The van der Waals surface area contributed by atoms with Gasteiger partial charge in [0.05, 0.1) is 21.1 Å². The summed E-state index contributed by atoms with van der Waals surface area (Å²) in [6.45, 7) is 25.8. The minimum absolute atomic E-state index is 0.000139. The first-order chi connectivity index (χ1) is 11.7. The third-order valence-corrected chi connectivity index (χ3v) is 15.3. The summed E-state index contributed by atoms with van der Waals surface area (Å²) < 4.78 is 10.8. The highest BCUT2D eigenvalue weighted by molar-refractivity contribution is 7.58. The van der Waals surface area contributed by atoms with Crippen LogP contribution < -0.4 is 0 Å². The van der Waals surface area contributed by atoms with Crippen molar-refractivity contribution in [3.63, 3.8) is 0 Å². The lowest BCUT2D eigenvalue weighted by Crippen LogP contribution is -2.54. The SMILES string of the molecule is COC(=O)C1CC1(P(N(C(C)C)C(C)C)N(C(C)C)C(C)C)[Si](C)(C)C. The second-order valence-electron chi connectivity index (χ2n) is 9.88. The van der Waals surface area contributed by atoms with Crippen LogP contribution in [0.3, 0.4) is 0 Å². The van der Waals surface area contributed by atoms with Crippen LogP contribution in [0.2, 0.25) is 19.6 Å². The number of nitrogens with zero attached hydrogens (tertiary/aromatic N) is 2. The highest BCUT2D eigenvalue weighted by Crippen LogP contribution is 2.75. The van der Waals surface area contributed by atoms with Crippen LogP contribution in [0.4, 0.5) is 0 Å². The number of esters is 1. The summed E-state index contributed by atoms with van der Waals surface area (Å²) in [6, 6.07) is 1.81. The molecule has 4 nitrogen and oxygen atoms in total. The van der Waals surface area contributed by atoms with Gasteiger partial charge in [0.1, 0.15) is 0 Å². The van der Waals surface area contributed by atoms with Crippen LogP contribution in [0.25, 0.3) is 0 Å². The Balaban J connectivity index is 3.63. The fourth-order valence-electron chi connectivity index (χ4n) is 4.62. The van der Waals surface area contributed by atoms with Gasteiger partial charge in [-0.25, -0.2) is 0 Å². The van der Waals surface area contributed by atoms with Crippen LogP contribution in [0.1, 0.15) is 61.8 Å². The molecular formula is C20H43N2O2PSi. The van der Waals surface area contributed by atoms with Gasteiger partial charge < -0.3 is 4.74 Å². The number of hydrogen-bond acceptors (Lipinski definition) is 4. The van der Waals surface area contributed by atoms with E-state index in [9.17, 15) is 4.79 Å². The minimum Gasteiger partial charge on any atom is -0.469 e. The molecule has 0 spiro atoms. The molecule has 0 amide bonds. The molecule has 0 aromatic rings. The van der Waals surface area contributed by atoms with Crippen LogP contribution in [0, 0.1) is 5.92 Å². The molecule has 1 rings (SSSR count). The number of hydrogen-bond donors (Lipinski definition) is 0. The van der Waals surface area contributed by atoms with Gasteiger partial charge in [0.15, 0.2) is 0 Å². The molecule has 0 aromatic carbocycles. The summed E-state index contributed by atoms with van der Waals surface area (Å²) in [5.41, 5.74) is 0. The normalized spacial score (nSPS) is 24.0. The maximum absolute atomic E-state index is 12.6. The van der Waals surface area contributed by atoms with Crippen molar-refractivity contribution in [1.82, 2.24) is 9.34 Å². The van der Waals surface area contributed by atoms with E-state index in [-0.39, 0.29) is 16.7 Å². The highest BCUT2D eigenvalue weighted by atomic mass is 31.1. The van der Waals surface area contributed by atoms with Crippen LogP contribution >= 0.6 is 8.22 Å². The average Bonchev–Trinajstić information content (AvgIpc) is 3.20. The van der Waals surface area contributed by atoms with Crippen molar-refractivity contribution in [1.29, 1.82) is 0 Å². The zero-order chi connectivity index (χ0) is 20.6. The topological polar surface area (TPSA) is 32.8 Å². The van der Waals surface area contributed by atoms with Crippen molar-refractivity contribution in [2.24, 2.45) is 5.92 Å². The average molecular weight is 403 g/mol. The van der Waals surface area contributed by atoms with Gasteiger partial charge in [-0.05, 0) is 61.8 Å². The maximum Gasteiger partial charge on any atom is 0.309 e. The molecule has 154 valence electrons. The van der Waals surface area contributed by atoms with Crippen LogP contribution in [0.5, 0.6) is 0 Å². The van der Waals surface area contributed by atoms with Gasteiger partial charge in [0.25, 0.3) is 0 Å². The molecule has 2 unspecified atom stereocenters. The lowest BCUT2D eigenvalue weighted by molar-refractivity contribution is -0.142. The summed E-state index contributed by atoms with van der Waals surface area (Å²) in [4.78, 5) is 12.6. The Morgan fingerprint density at radius 3 is 1.50 bits per heavy atom. The first-order valence-electron chi connectivity index (χ1n) is 10.2. The van der Waals surface area contributed by atoms with Crippen molar-refractivity contribution < 1.29 is 9.53 Å². The molecule has 1 saturated carbocycles. The number of ether oxygens (including phenoxy) is 1. The van der Waals surface area contributed by atoms with Gasteiger partial charge in [-0.2, -0.15) is 0 Å². The lowest BCUT2D eigenvalue weighted by Gasteiger charge is -2.54. The third-order valence-electron chi connectivity index (χ3n) is 5.63. The number of rotatable bonds is 9. The molecule has 0 saturated heterocycles. The van der Waals surface area contributed by atoms with Crippen molar-refractivity contribution >= 4 is 22.3 Å². The monoisotopic (exact) mass is 402 g/mol. The molecule has 0 radical (unpaired) electrons. The Morgan fingerprint density at radius 2 is 1.27 bits per heavy atom. The summed E-state index contributed by atoms with van der Waals surface area (Å²) >= 11 is 0. The second kappa shape index (κ2) is 8.59. The molecule has 0 aromatic heterocycles. The zero-order valence-corrected chi connectivity index (χ0v) is 21.1. The smallest absolute Gasteiger partial charge is 0.309 e. The first-order valence-corrected chi connectivity index (χ1v) is 14.9. The Labute approximate surface area is 164 Å². The molecule has 1 aliphatic carbocycles. The molecule has 0 heterocycles. The predicted octanol–water partition coefficient (Wildman–Crippen LogP) is 5.35. The van der Waals surface area contributed by atoms with Crippen molar-refractivity contribution in [2.75, 3.05) is 7.11 Å². The molecule has 1 fully saturated rings. The molecule has 6 heteroatoms. The van der Waals surface area contributed by atoms with E-state index >= 15 is 0 Å². The minimum atomic E-state index is -1.64. The Kier molecular flexibility index (Phi) is 7.95. The summed E-state index contributed by atoms with van der Waals surface area (Å²) in [5.74, 6) is 0.0603. The Hall–Kier alpha value is 0.0369. The second-order valence-corrected chi connectivity index (χ2v) is 18.0. The van der Waals surface area contributed by atoms with Gasteiger partial charge in [0, 0.05) is 37.2 Å². The van der Waals surface area contributed by atoms with E-state index in [4.69, 9.17) is 4.74 Å². The van der Waals surface area contributed by atoms with E-state index < -0.39 is 16.3 Å². The van der Waals surface area contributed by atoms with Crippen molar-refractivity contribution in [3.05, 3.63) is 0 Å². The van der Waals surface area contributed by atoms with E-state index in [1.165, 1.54) is 0 Å². The molecule has 2 atom stereocenters. The predicted molar refractivity (Wildman–Crippen MR) is 117 cm³/mol. The van der Waals surface area contributed by atoms with Crippen LogP contribution in [-0.2, 0) is 9.53 Å². The third kappa shape index (κ3) is 4.37. The van der Waals surface area contributed by atoms with Gasteiger partial charge >= 0.3 is 5.97 Å². The van der Waals surface area contributed by atoms with E-state index in [1.807, 2.05) is 0 Å². The van der Waals surface area contributed by atoms with E-state index in [2.05, 4.69) is 84.4 Å². The van der Waals surface area contributed by atoms with Gasteiger partial charge in [-0.15, -0.1) is 0 Å². The van der Waals surface area contributed by atoms with Crippen molar-refractivity contribution in [2.45, 2.75) is 110 Å². The molecular weight excluding hydrogens is 359 g/mol. The van der Waals surface area contributed by atoms with E-state index in [0.29, 0.717) is 24.2 Å². The number of carbonyl (C=O) groups is 1. The van der Waals surface area contributed by atoms with E-state index in [1.54, 1.807) is 7.11 Å². The van der Waals surface area contributed by atoms with Crippen molar-refractivity contribution in [3.8, 4) is 0 Å². The largest absolute Gasteiger partial charge is 0.469 e. The quantitative estimate of drug-likeness (QED) is 0.296. The fraction of sp³-hybridized carbons (Fsp3) is 0.950. The van der Waals surface area contributed by atoms with Crippen LogP contribution in [0.15, 0.2) is 0 Å². The first kappa shape index (κ1) is 24.1. The Morgan fingerprint density at radius 1 is 0.923 bits per heavy atom. The molecule has 26 heavy (non-hydrogen) atoms.